The first-order chi connectivity index (χ1) is 18.2. The molecule has 2 aromatic carbocycles. The summed E-state index contributed by atoms with van der Waals surface area (Å²) in [4.78, 5) is 30.7. The van der Waals surface area contributed by atoms with Crippen LogP contribution in [0.15, 0.2) is 65.3 Å². The molecule has 1 amide bonds. The molecule has 0 fully saturated rings. The molecule has 1 aliphatic heterocycles. The van der Waals surface area contributed by atoms with Crippen molar-refractivity contribution >= 4 is 34.4 Å². The van der Waals surface area contributed by atoms with E-state index in [2.05, 4.69) is 5.32 Å². The van der Waals surface area contributed by atoms with Crippen molar-refractivity contribution < 1.29 is 28.2 Å². The fourth-order valence-electron chi connectivity index (χ4n) is 4.76. The number of nitrogens with zero attached hydrogens (tertiary/aromatic N) is 1. The van der Waals surface area contributed by atoms with Gasteiger partial charge in [0.2, 0.25) is 6.79 Å². The summed E-state index contributed by atoms with van der Waals surface area (Å²) in [5.41, 5.74) is 4.66. The number of hydrogen-bond donors (Lipinski definition) is 1. The zero-order valence-electron chi connectivity index (χ0n) is 20.0. The maximum Gasteiger partial charge on any atom is 0.339 e. The highest BCUT2D eigenvalue weighted by Crippen LogP contribution is 2.36. The molecular weight excluding hydrogens is 472 g/mol. The molecule has 0 atom stereocenters. The molecule has 0 radical (unpaired) electrons. The molecule has 2 aliphatic rings. The zero-order chi connectivity index (χ0) is 25.2. The van der Waals surface area contributed by atoms with Gasteiger partial charge in [-0.25, -0.2) is 9.78 Å². The van der Waals surface area contributed by atoms with Crippen LogP contribution in [-0.2, 0) is 22.5 Å². The van der Waals surface area contributed by atoms with Gasteiger partial charge in [0, 0.05) is 11.9 Å². The molecule has 0 spiro atoms. The standard InChI is InChI=1S/C29H24N2O6/c32-26(30-15-18-10-11-24-25(13-18)37-17-36-24)16-35-29(33)27-21-7-1-2-9-23(21)31-28-19(5-3-8-22(27)28)14-20-6-4-12-34-20/h1-2,4,6-7,9-14H,3,5,8,15-17H2,(H,30,32). The number of fused-ring (bicyclic) bond motifs is 3. The molecule has 2 aromatic heterocycles. The molecule has 0 saturated heterocycles. The van der Waals surface area contributed by atoms with Gasteiger partial charge in [-0.2, -0.15) is 0 Å². The number of hydrogen-bond acceptors (Lipinski definition) is 7. The number of esters is 1. The summed E-state index contributed by atoms with van der Waals surface area (Å²) < 4.78 is 21.7. The van der Waals surface area contributed by atoms with Crippen LogP contribution in [0.5, 0.6) is 11.5 Å². The minimum absolute atomic E-state index is 0.189. The summed E-state index contributed by atoms with van der Waals surface area (Å²) >= 11 is 0. The smallest absolute Gasteiger partial charge is 0.339 e. The van der Waals surface area contributed by atoms with Crippen molar-refractivity contribution in [3.05, 3.63) is 89.0 Å². The van der Waals surface area contributed by atoms with Crippen LogP contribution in [0.25, 0.3) is 22.6 Å². The van der Waals surface area contributed by atoms with Crippen LogP contribution in [0.3, 0.4) is 0 Å². The number of nitrogens with one attached hydrogen (secondary N) is 1. The highest BCUT2D eigenvalue weighted by Gasteiger charge is 2.26. The maximum absolute atomic E-state index is 13.4. The van der Waals surface area contributed by atoms with Gasteiger partial charge in [0.1, 0.15) is 5.76 Å². The molecule has 4 aromatic rings. The van der Waals surface area contributed by atoms with Crippen molar-refractivity contribution in [2.24, 2.45) is 0 Å². The number of carbonyl (C=O) groups excluding carboxylic acids is 2. The van der Waals surface area contributed by atoms with E-state index in [0.29, 0.717) is 34.4 Å². The lowest BCUT2D eigenvalue weighted by molar-refractivity contribution is -0.124. The number of allylic oxidation sites excluding steroid dienone is 1. The van der Waals surface area contributed by atoms with Crippen LogP contribution in [0.2, 0.25) is 0 Å². The lowest BCUT2D eigenvalue weighted by atomic mass is 9.86. The Kier molecular flexibility index (Phi) is 6.06. The molecule has 37 heavy (non-hydrogen) atoms. The van der Waals surface area contributed by atoms with E-state index in [4.69, 9.17) is 23.6 Å². The number of rotatable bonds is 6. The summed E-state index contributed by atoms with van der Waals surface area (Å²) in [6, 6.07) is 16.7. The van der Waals surface area contributed by atoms with E-state index in [-0.39, 0.29) is 19.9 Å². The van der Waals surface area contributed by atoms with Crippen molar-refractivity contribution in [1.82, 2.24) is 10.3 Å². The molecule has 8 nitrogen and oxygen atoms in total. The van der Waals surface area contributed by atoms with Crippen molar-refractivity contribution in [2.45, 2.75) is 25.8 Å². The molecule has 186 valence electrons. The fraction of sp³-hybridized carbons (Fsp3) is 0.207. The maximum atomic E-state index is 13.4. The summed E-state index contributed by atoms with van der Waals surface area (Å²) in [5, 5.41) is 3.50. The first-order valence-electron chi connectivity index (χ1n) is 12.1. The van der Waals surface area contributed by atoms with Gasteiger partial charge in [-0.15, -0.1) is 0 Å². The Morgan fingerprint density at radius 1 is 1.03 bits per heavy atom. The van der Waals surface area contributed by atoms with E-state index in [9.17, 15) is 9.59 Å². The van der Waals surface area contributed by atoms with E-state index in [1.54, 1.807) is 12.3 Å². The van der Waals surface area contributed by atoms with Crippen LogP contribution in [0, 0.1) is 0 Å². The Bertz CT molecular complexity index is 1520. The minimum atomic E-state index is -0.535. The number of carbonyl (C=O) groups is 2. The van der Waals surface area contributed by atoms with Crippen molar-refractivity contribution in [3.8, 4) is 11.5 Å². The normalized spacial score (nSPS) is 15.0. The van der Waals surface area contributed by atoms with Gasteiger partial charge in [0.05, 0.1) is 23.0 Å². The van der Waals surface area contributed by atoms with Gasteiger partial charge in [-0.3, -0.25) is 4.79 Å². The first kappa shape index (κ1) is 22.8. The second-order valence-corrected chi connectivity index (χ2v) is 8.91. The van der Waals surface area contributed by atoms with Crippen LogP contribution >= 0.6 is 0 Å². The largest absolute Gasteiger partial charge is 0.465 e. The number of furan rings is 1. The Morgan fingerprint density at radius 3 is 2.81 bits per heavy atom. The van der Waals surface area contributed by atoms with E-state index in [1.165, 1.54) is 0 Å². The highest BCUT2D eigenvalue weighted by molar-refractivity contribution is 6.07. The second-order valence-electron chi connectivity index (χ2n) is 8.91. The van der Waals surface area contributed by atoms with E-state index in [0.717, 1.165) is 41.0 Å². The number of ether oxygens (including phenoxy) is 3. The molecular formula is C29H24N2O6. The quantitative estimate of drug-likeness (QED) is 0.379. The number of benzene rings is 2. The number of aromatic nitrogens is 1. The lowest BCUT2D eigenvalue weighted by Crippen LogP contribution is -2.28. The van der Waals surface area contributed by atoms with E-state index >= 15 is 0 Å². The van der Waals surface area contributed by atoms with Gasteiger partial charge in [-0.05, 0) is 72.4 Å². The summed E-state index contributed by atoms with van der Waals surface area (Å²) in [5.74, 6) is 1.14. The number of amides is 1. The Morgan fingerprint density at radius 2 is 1.92 bits per heavy atom. The summed E-state index contributed by atoms with van der Waals surface area (Å²) in [6.45, 7) is 0.0834. The molecule has 6 rings (SSSR count). The average molecular weight is 497 g/mol. The predicted octanol–water partition coefficient (Wildman–Crippen LogP) is 4.91. The third-order valence-electron chi connectivity index (χ3n) is 6.50. The predicted molar refractivity (Wildman–Crippen MR) is 136 cm³/mol. The molecule has 0 saturated carbocycles. The van der Waals surface area contributed by atoms with Crippen LogP contribution in [0.1, 0.15) is 45.8 Å². The third-order valence-corrected chi connectivity index (χ3v) is 6.50. The Balaban J connectivity index is 1.21. The van der Waals surface area contributed by atoms with Crippen LogP contribution in [0.4, 0.5) is 0 Å². The summed E-state index contributed by atoms with van der Waals surface area (Å²) in [7, 11) is 0. The van der Waals surface area contributed by atoms with Gasteiger partial charge in [-0.1, -0.05) is 24.3 Å². The molecule has 0 bridgehead atoms. The molecule has 8 heteroatoms. The minimum Gasteiger partial charge on any atom is -0.465 e. The monoisotopic (exact) mass is 496 g/mol. The van der Waals surface area contributed by atoms with Crippen molar-refractivity contribution in [1.29, 1.82) is 0 Å². The Hall–Kier alpha value is -4.59. The van der Waals surface area contributed by atoms with E-state index in [1.807, 2.05) is 54.6 Å². The topological polar surface area (TPSA) is 99.9 Å². The molecule has 0 unspecified atom stereocenters. The Labute approximate surface area is 212 Å². The highest BCUT2D eigenvalue weighted by atomic mass is 16.7. The third kappa shape index (κ3) is 4.65. The van der Waals surface area contributed by atoms with Crippen LogP contribution < -0.4 is 14.8 Å². The first-order valence-corrected chi connectivity index (χ1v) is 12.1. The van der Waals surface area contributed by atoms with Crippen LogP contribution in [-0.4, -0.2) is 30.3 Å². The van der Waals surface area contributed by atoms with Crippen molar-refractivity contribution in [2.75, 3.05) is 13.4 Å². The molecule has 1 N–H and O–H groups in total. The number of para-hydroxylation sites is 1. The van der Waals surface area contributed by atoms with Gasteiger partial charge in [0.15, 0.2) is 18.1 Å². The van der Waals surface area contributed by atoms with Gasteiger partial charge >= 0.3 is 5.97 Å². The van der Waals surface area contributed by atoms with Gasteiger partial charge < -0.3 is 23.9 Å². The molecule has 1 aliphatic carbocycles. The molecule has 3 heterocycles. The average Bonchev–Trinajstić information content (AvgIpc) is 3.61. The van der Waals surface area contributed by atoms with Gasteiger partial charge in [0.25, 0.3) is 5.91 Å². The SMILES string of the molecule is O=C(COC(=O)c1c2c(nc3ccccc13)C(=Cc1ccco1)CCC2)NCc1ccc2c(c1)OCO2. The lowest BCUT2D eigenvalue weighted by Gasteiger charge is -2.22. The number of pyridine rings is 1. The zero-order valence-corrected chi connectivity index (χ0v) is 20.0. The summed E-state index contributed by atoms with van der Waals surface area (Å²) in [6.07, 6.45) is 6.00. The van der Waals surface area contributed by atoms with E-state index < -0.39 is 11.9 Å². The van der Waals surface area contributed by atoms with Crippen molar-refractivity contribution in [3.63, 3.8) is 0 Å². The fourth-order valence-corrected chi connectivity index (χ4v) is 4.76. The second kappa shape index (κ2) is 9.81.